The molecular formula is C17H22N4O2. The SMILES string of the molecule is CC(C)C(=O)N1CCC(NC(=O)c2n[nH]c3ccccc23)CC1. The molecular weight excluding hydrogens is 292 g/mol. The number of aromatic nitrogens is 2. The fourth-order valence-corrected chi connectivity index (χ4v) is 3.00. The maximum Gasteiger partial charge on any atom is 0.272 e. The minimum atomic E-state index is -0.156. The van der Waals surface area contributed by atoms with Crippen LogP contribution in [0.5, 0.6) is 0 Å². The van der Waals surface area contributed by atoms with Crippen LogP contribution in [-0.2, 0) is 4.79 Å². The topological polar surface area (TPSA) is 78.1 Å². The van der Waals surface area contributed by atoms with Crippen molar-refractivity contribution in [3.8, 4) is 0 Å². The maximum absolute atomic E-state index is 12.4. The van der Waals surface area contributed by atoms with Gasteiger partial charge in [-0.2, -0.15) is 5.10 Å². The molecule has 1 aromatic carbocycles. The van der Waals surface area contributed by atoms with Gasteiger partial charge in [0.1, 0.15) is 0 Å². The summed E-state index contributed by atoms with van der Waals surface area (Å²) in [7, 11) is 0. The Hall–Kier alpha value is -2.37. The van der Waals surface area contributed by atoms with Crippen molar-refractivity contribution in [2.75, 3.05) is 13.1 Å². The molecule has 1 aliphatic heterocycles. The summed E-state index contributed by atoms with van der Waals surface area (Å²) in [5.41, 5.74) is 1.29. The number of likely N-dealkylation sites (tertiary alicyclic amines) is 1. The van der Waals surface area contributed by atoms with Gasteiger partial charge in [0.25, 0.3) is 5.91 Å². The minimum Gasteiger partial charge on any atom is -0.348 e. The number of amides is 2. The fourth-order valence-electron chi connectivity index (χ4n) is 3.00. The summed E-state index contributed by atoms with van der Waals surface area (Å²) < 4.78 is 0. The van der Waals surface area contributed by atoms with E-state index in [0.29, 0.717) is 18.8 Å². The average molecular weight is 314 g/mol. The van der Waals surface area contributed by atoms with E-state index in [1.165, 1.54) is 0 Å². The lowest BCUT2D eigenvalue weighted by Crippen LogP contribution is -2.47. The van der Waals surface area contributed by atoms with Gasteiger partial charge < -0.3 is 10.2 Å². The van der Waals surface area contributed by atoms with Crippen LogP contribution in [0.15, 0.2) is 24.3 Å². The summed E-state index contributed by atoms with van der Waals surface area (Å²) in [4.78, 5) is 26.3. The maximum atomic E-state index is 12.4. The Labute approximate surface area is 135 Å². The van der Waals surface area contributed by atoms with Gasteiger partial charge in [0.05, 0.1) is 5.52 Å². The standard InChI is InChI=1S/C17H22N4O2/c1-11(2)17(23)21-9-7-12(8-10-21)18-16(22)15-13-5-3-4-6-14(13)19-20-15/h3-6,11-12H,7-10H2,1-2H3,(H,18,22)(H,19,20). The normalized spacial score (nSPS) is 16.0. The van der Waals surface area contributed by atoms with Crippen molar-refractivity contribution in [2.24, 2.45) is 5.92 Å². The van der Waals surface area contributed by atoms with E-state index in [1.54, 1.807) is 0 Å². The molecule has 0 unspecified atom stereocenters. The zero-order chi connectivity index (χ0) is 16.4. The second-order valence-electron chi connectivity index (χ2n) is 6.35. The molecule has 23 heavy (non-hydrogen) atoms. The highest BCUT2D eigenvalue weighted by Gasteiger charge is 2.26. The van der Waals surface area contributed by atoms with Gasteiger partial charge in [-0.3, -0.25) is 14.7 Å². The third-order valence-electron chi connectivity index (χ3n) is 4.32. The lowest BCUT2D eigenvalue weighted by Gasteiger charge is -2.33. The summed E-state index contributed by atoms with van der Waals surface area (Å²) in [6, 6.07) is 7.68. The first-order chi connectivity index (χ1) is 11.1. The fraction of sp³-hybridized carbons (Fsp3) is 0.471. The molecule has 2 amide bonds. The van der Waals surface area contributed by atoms with Gasteiger partial charge in [-0.25, -0.2) is 0 Å². The van der Waals surface area contributed by atoms with Crippen LogP contribution in [0.3, 0.4) is 0 Å². The van der Waals surface area contributed by atoms with E-state index in [4.69, 9.17) is 0 Å². The number of fused-ring (bicyclic) bond motifs is 1. The van der Waals surface area contributed by atoms with Crippen LogP contribution in [-0.4, -0.2) is 46.0 Å². The van der Waals surface area contributed by atoms with E-state index in [0.717, 1.165) is 23.7 Å². The zero-order valence-corrected chi connectivity index (χ0v) is 13.5. The molecule has 122 valence electrons. The van der Waals surface area contributed by atoms with Crippen molar-refractivity contribution in [3.63, 3.8) is 0 Å². The number of rotatable bonds is 3. The number of nitrogens with zero attached hydrogens (tertiary/aromatic N) is 2. The number of hydrogen-bond acceptors (Lipinski definition) is 3. The molecule has 0 radical (unpaired) electrons. The number of nitrogens with one attached hydrogen (secondary N) is 2. The third kappa shape index (κ3) is 3.21. The van der Waals surface area contributed by atoms with Crippen LogP contribution in [0.25, 0.3) is 10.9 Å². The van der Waals surface area contributed by atoms with E-state index >= 15 is 0 Å². The summed E-state index contributed by atoms with van der Waals surface area (Å²) >= 11 is 0. The molecule has 3 rings (SSSR count). The number of piperidine rings is 1. The monoisotopic (exact) mass is 314 g/mol. The number of carbonyl (C=O) groups is 2. The van der Waals surface area contributed by atoms with Gasteiger partial charge in [-0.1, -0.05) is 32.0 Å². The van der Waals surface area contributed by atoms with Crippen LogP contribution < -0.4 is 5.32 Å². The van der Waals surface area contributed by atoms with Gasteiger partial charge in [-0.05, 0) is 18.9 Å². The predicted octanol–water partition coefficient (Wildman–Crippen LogP) is 1.94. The highest BCUT2D eigenvalue weighted by molar-refractivity contribution is 6.04. The van der Waals surface area contributed by atoms with Crippen molar-refractivity contribution in [1.82, 2.24) is 20.4 Å². The first-order valence-electron chi connectivity index (χ1n) is 8.09. The number of H-pyrrole nitrogens is 1. The molecule has 1 aromatic heterocycles. The number of benzene rings is 1. The molecule has 0 bridgehead atoms. The van der Waals surface area contributed by atoms with Gasteiger partial charge >= 0.3 is 0 Å². The van der Waals surface area contributed by atoms with Crippen LogP contribution in [0, 0.1) is 5.92 Å². The Morgan fingerprint density at radius 3 is 2.65 bits per heavy atom. The molecule has 1 saturated heterocycles. The second kappa shape index (κ2) is 6.40. The number of carbonyl (C=O) groups excluding carboxylic acids is 2. The van der Waals surface area contributed by atoms with Gasteiger partial charge in [0, 0.05) is 30.4 Å². The van der Waals surface area contributed by atoms with Gasteiger partial charge in [-0.15, -0.1) is 0 Å². The molecule has 0 aliphatic carbocycles. The van der Waals surface area contributed by atoms with Crippen LogP contribution in [0.2, 0.25) is 0 Å². The van der Waals surface area contributed by atoms with Crippen LogP contribution in [0.1, 0.15) is 37.2 Å². The predicted molar refractivity (Wildman–Crippen MR) is 88.0 cm³/mol. The average Bonchev–Trinajstić information content (AvgIpc) is 2.99. The quantitative estimate of drug-likeness (QED) is 0.909. The van der Waals surface area contributed by atoms with Crippen molar-refractivity contribution < 1.29 is 9.59 Å². The third-order valence-corrected chi connectivity index (χ3v) is 4.32. The minimum absolute atomic E-state index is 0.0246. The summed E-state index contributed by atoms with van der Waals surface area (Å²) in [6.07, 6.45) is 1.57. The van der Waals surface area contributed by atoms with Crippen molar-refractivity contribution in [3.05, 3.63) is 30.0 Å². The van der Waals surface area contributed by atoms with E-state index in [-0.39, 0.29) is 23.8 Å². The van der Waals surface area contributed by atoms with E-state index < -0.39 is 0 Å². The van der Waals surface area contributed by atoms with Crippen molar-refractivity contribution in [1.29, 1.82) is 0 Å². The first kappa shape index (κ1) is 15.5. The van der Waals surface area contributed by atoms with Gasteiger partial charge in [0.2, 0.25) is 5.91 Å². The summed E-state index contributed by atoms with van der Waals surface area (Å²) in [6.45, 7) is 5.23. The molecule has 1 fully saturated rings. The van der Waals surface area contributed by atoms with E-state index in [1.807, 2.05) is 43.0 Å². The second-order valence-corrected chi connectivity index (χ2v) is 6.35. The zero-order valence-electron chi connectivity index (χ0n) is 13.5. The molecule has 0 atom stereocenters. The summed E-state index contributed by atoms with van der Waals surface area (Å²) in [5, 5.41) is 10.9. The van der Waals surface area contributed by atoms with Crippen molar-refractivity contribution >= 4 is 22.7 Å². The lowest BCUT2D eigenvalue weighted by atomic mass is 10.0. The first-order valence-corrected chi connectivity index (χ1v) is 8.09. The van der Waals surface area contributed by atoms with Crippen LogP contribution >= 0.6 is 0 Å². The Morgan fingerprint density at radius 1 is 1.26 bits per heavy atom. The van der Waals surface area contributed by atoms with Crippen LogP contribution in [0.4, 0.5) is 0 Å². The highest BCUT2D eigenvalue weighted by Crippen LogP contribution is 2.17. The number of aromatic amines is 1. The molecule has 0 spiro atoms. The largest absolute Gasteiger partial charge is 0.348 e. The molecule has 1 aliphatic rings. The van der Waals surface area contributed by atoms with Gasteiger partial charge in [0.15, 0.2) is 5.69 Å². The van der Waals surface area contributed by atoms with Crippen molar-refractivity contribution in [2.45, 2.75) is 32.7 Å². The molecule has 6 nitrogen and oxygen atoms in total. The Kier molecular flexibility index (Phi) is 4.32. The van der Waals surface area contributed by atoms with E-state index in [9.17, 15) is 9.59 Å². The Morgan fingerprint density at radius 2 is 1.96 bits per heavy atom. The van der Waals surface area contributed by atoms with E-state index in [2.05, 4.69) is 15.5 Å². The molecule has 0 saturated carbocycles. The number of para-hydroxylation sites is 1. The molecule has 2 heterocycles. The molecule has 2 N–H and O–H groups in total. The Bertz CT molecular complexity index is 714. The summed E-state index contributed by atoms with van der Waals surface area (Å²) in [5.74, 6) is 0.0562. The Balaban J connectivity index is 1.61. The molecule has 2 aromatic rings. The smallest absolute Gasteiger partial charge is 0.272 e. The molecule has 6 heteroatoms. The number of hydrogen-bond donors (Lipinski definition) is 2. The lowest BCUT2D eigenvalue weighted by molar-refractivity contribution is -0.135. The highest BCUT2D eigenvalue weighted by atomic mass is 16.2.